The summed E-state index contributed by atoms with van der Waals surface area (Å²) < 4.78 is 5.08. The number of nitrogens with one attached hydrogen (secondary N) is 1. The highest BCUT2D eigenvalue weighted by Gasteiger charge is 2.21. The number of nitrogen functional groups attached to an aromatic ring is 1. The van der Waals surface area contributed by atoms with Crippen LogP contribution in [0.2, 0.25) is 0 Å². The molecule has 0 aliphatic carbocycles. The number of methoxy groups -OCH3 is 1. The van der Waals surface area contributed by atoms with E-state index in [2.05, 4.69) is 5.32 Å². The number of nitrogens with two attached hydrogens (primary N) is 1. The molecule has 1 rings (SSSR count). The molecule has 5 heteroatoms. The lowest BCUT2D eigenvalue weighted by Gasteiger charge is -2.27. The van der Waals surface area contributed by atoms with Crippen molar-refractivity contribution < 1.29 is 14.9 Å². The molecule has 0 atom stereocenters. The maximum Gasteiger partial charge on any atom is 0.143 e. The molecule has 0 heterocycles. The summed E-state index contributed by atoms with van der Waals surface area (Å²) >= 11 is 0. The van der Waals surface area contributed by atoms with Gasteiger partial charge in [-0.3, -0.25) is 0 Å². The SMILES string of the molecule is COc1cc(NC(C)(CO)CO)ccc1N. The van der Waals surface area contributed by atoms with Crippen molar-refractivity contribution in [3.8, 4) is 5.75 Å². The molecule has 0 amide bonds. The first-order valence-corrected chi connectivity index (χ1v) is 4.98. The topological polar surface area (TPSA) is 87.7 Å². The molecule has 0 spiro atoms. The van der Waals surface area contributed by atoms with Crippen molar-refractivity contribution in [2.45, 2.75) is 12.5 Å². The summed E-state index contributed by atoms with van der Waals surface area (Å²) in [6, 6.07) is 5.19. The minimum atomic E-state index is -0.763. The third kappa shape index (κ3) is 2.77. The Hall–Kier alpha value is -1.46. The minimum Gasteiger partial charge on any atom is -0.495 e. The number of rotatable bonds is 5. The summed E-state index contributed by atoms with van der Waals surface area (Å²) in [6.45, 7) is 1.38. The molecule has 0 saturated heterocycles. The van der Waals surface area contributed by atoms with Crippen molar-refractivity contribution >= 4 is 11.4 Å². The van der Waals surface area contributed by atoms with Gasteiger partial charge in [-0.15, -0.1) is 0 Å². The van der Waals surface area contributed by atoms with Crippen molar-refractivity contribution in [3.63, 3.8) is 0 Å². The van der Waals surface area contributed by atoms with Gasteiger partial charge in [0.15, 0.2) is 0 Å². The monoisotopic (exact) mass is 226 g/mol. The Morgan fingerprint density at radius 1 is 1.38 bits per heavy atom. The fourth-order valence-corrected chi connectivity index (χ4v) is 1.27. The Balaban J connectivity index is 2.89. The molecular weight excluding hydrogens is 208 g/mol. The smallest absolute Gasteiger partial charge is 0.143 e. The maximum absolute atomic E-state index is 9.15. The van der Waals surface area contributed by atoms with Crippen LogP contribution in [0.15, 0.2) is 18.2 Å². The molecule has 0 unspecified atom stereocenters. The molecule has 0 fully saturated rings. The quantitative estimate of drug-likeness (QED) is 0.547. The van der Waals surface area contributed by atoms with Crippen LogP contribution in [0, 0.1) is 0 Å². The first-order chi connectivity index (χ1) is 7.54. The van der Waals surface area contributed by atoms with Gasteiger partial charge < -0.3 is 26.0 Å². The predicted octanol–water partition coefficient (Wildman–Crippen LogP) is 0.433. The van der Waals surface area contributed by atoms with E-state index in [9.17, 15) is 0 Å². The van der Waals surface area contributed by atoms with E-state index >= 15 is 0 Å². The molecule has 0 bridgehead atoms. The average Bonchev–Trinajstić information content (AvgIpc) is 2.31. The van der Waals surface area contributed by atoms with E-state index < -0.39 is 5.54 Å². The van der Waals surface area contributed by atoms with Gasteiger partial charge in [0.25, 0.3) is 0 Å². The molecule has 0 aliphatic rings. The Bertz CT molecular complexity index is 351. The second-order valence-corrected chi connectivity index (χ2v) is 3.96. The van der Waals surface area contributed by atoms with Gasteiger partial charge in [0, 0.05) is 11.8 Å². The second kappa shape index (κ2) is 5.05. The number of ether oxygens (including phenoxy) is 1. The zero-order chi connectivity index (χ0) is 12.2. The standard InChI is InChI=1S/C11H18N2O3/c1-11(6-14,7-15)13-8-3-4-9(12)10(5-8)16-2/h3-5,13-15H,6-7,12H2,1-2H3. The maximum atomic E-state index is 9.15. The van der Waals surface area contributed by atoms with E-state index in [1.54, 1.807) is 25.1 Å². The van der Waals surface area contributed by atoms with Crippen molar-refractivity contribution in [2.24, 2.45) is 0 Å². The van der Waals surface area contributed by atoms with Crippen molar-refractivity contribution in [1.82, 2.24) is 0 Å². The van der Waals surface area contributed by atoms with Crippen LogP contribution in [0.4, 0.5) is 11.4 Å². The summed E-state index contributed by atoms with van der Waals surface area (Å²) in [7, 11) is 1.53. The fraction of sp³-hybridized carbons (Fsp3) is 0.455. The van der Waals surface area contributed by atoms with E-state index in [4.69, 9.17) is 20.7 Å². The van der Waals surface area contributed by atoms with Crippen molar-refractivity contribution in [3.05, 3.63) is 18.2 Å². The highest BCUT2D eigenvalue weighted by atomic mass is 16.5. The van der Waals surface area contributed by atoms with Gasteiger partial charge in [-0.1, -0.05) is 0 Å². The second-order valence-electron chi connectivity index (χ2n) is 3.96. The van der Waals surface area contributed by atoms with E-state index in [0.717, 1.165) is 5.69 Å². The van der Waals surface area contributed by atoms with Gasteiger partial charge in [-0.25, -0.2) is 0 Å². The third-order valence-electron chi connectivity index (χ3n) is 2.38. The van der Waals surface area contributed by atoms with Crippen molar-refractivity contribution in [2.75, 3.05) is 31.4 Å². The molecule has 0 radical (unpaired) electrons. The Morgan fingerprint density at radius 2 is 2.00 bits per heavy atom. The number of aliphatic hydroxyl groups excluding tert-OH is 2. The number of anilines is 2. The van der Waals surface area contributed by atoms with E-state index in [1.807, 2.05) is 0 Å². The summed E-state index contributed by atoms with van der Waals surface area (Å²) in [6.07, 6.45) is 0. The van der Waals surface area contributed by atoms with Gasteiger partial charge in [0.05, 0.1) is 31.5 Å². The highest BCUT2D eigenvalue weighted by molar-refractivity contribution is 5.62. The molecule has 0 saturated carbocycles. The van der Waals surface area contributed by atoms with Gasteiger partial charge in [0.1, 0.15) is 5.75 Å². The molecule has 1 aromatic carbocycles. The van der Waals surface area contributed by atoms with Crippen LogP contribution < -0.4 is 15.8 Å². The lowest BCUT2D eigenvalue weighted by atomic mass is 10.0. The largest absolute Gasteiger partial charge is 0.495 e. The summed E-state index contributed by atoms with van der Waals surface area (Å²) in [5.41, 5.74) is 6.19. The van der Waals surface area contributed by atoms with E-state index in [-0.39, 0.29) is 13.2 Å². The lowest BCUT2D eigenvalue weighted by molar-refractivity contribution is 0.147. The van der Waals surface area contributed by atoms with Crippen LogP contribution in [-0.2, 0) is 0 Å². The third-order valence-corrected chi connectivity index (χ3v) is 2.38. The summed E-state index contributed by atoms with van der Waals surface area (Å²) in [5, 5.41) is 21.3. The molecular formula is C11H18N2O3. The molecule has 1 aromatic rings. The van der Waals surface area contributed by atoms with E-state index in [0.29, 0.717) is 11.4 Å². The summed E-state index contributed by atoms with van der Waals surface area (Å²) in [4.78, 5) is 0. The minimum absolute atomic E-state index is 0.170. The molecule has 90 valence electrons. The van der Waals surface area contributed by atoms with Crippen LogP contribution in [0.5, 0.6) is 5.75 Å². The molecule has 5 N–H and O–H groups in total. The highest BCUT2D eigenvalue weighted by Crippen LogP contribution is 2.26. The number of aliphatic hydroxyl groups is 2. The van der Waals surface area contributed by atoms with Gasteiger partial charge in [0.2, 0.25) is 0 Å². The summed E-state index contributed by atoms with van der Waals surface area (Å²) in [5.74, 6) is 0.559. The zero-order valence-corrected chi connectivity index (χ0v) is 9.53. The lowest BCUT2D eigenvalue weighted by Crippen LogP contribution is -2.42. The van der Waals surface area contributed by atoms with E-state index in [1.165, 1.54) is 7.11 Å². The number of hydrogen-bond donors (Lipinski definition) is 4. The Kier molecular flexibility index (Phi) is 3.98. The van der Waals surface area contributed by atoms with Gasteiger partial charge >= 0.3 is 0 Å². The predicted molar refractivity (Wildman–Crippen MR) is 63.6 cm³/mol. The molecule has 0 aromatic heterocycles. The van der Waals surface area contributed by atoms with Crippen LogP contribution in [-0.4, -0.2) is 36.1 Å². The molecule has 16 heavy (non-hydrogen) atoms. The van der Waals surface area contributed by atoms with Crippen LogP contribution in [0.3, 0.4) is 0 Å². The number of benzene rings is 1. The Labute approximate surface area is 94.8 Å². The Morgan fingerprint density at radius 3 is 2.50 bits per heavy atom. The van der Waals surface area contributed by atoms with Crippen LogP contribution in [0.25, 0.3) is 0 Å². The van der Waals surface area contributed by atoms with Crippen LogP contribution in [0.1, 0.15) is 6.92 Å². The van der Waals surface area contributed by atoms with Crippen molar-refractivity contribution in [1.29, 1.82) is 0 Å². The average molecular weight is 226 g/mol. The zero-order valence-electron chi connectivity index (χ0n) is 9.53. The molecule has 0 aliphatic heterocycles. The van der Waals surface area contributed by atoms with Gasteiger partial charge in [-0.2, -0.15) is 0 Å². The fourth-order valence-electron chi connectivity index (χ4n) is 1.27. The van der Waals surface area contributed by atoms with Crippen LogP contribution >= 0.6 is 0 Å². The normalized spacial score (nSPS) is 11.2. The first kappa shape index (κ1) is 12.6. The number of hydrogen-bond acceptors (Lipinski definition) is 5. The van der Waals surface area contributed by atoms with Gasteiger partial charge in [-0.05, 0) is 19.1 Å². The molecule has 5 nitrogen and oxygen atoms in total. The first-order valence-electron chi connectivity index (χ1n) is 4.98.